The maximum Gasteiger partial charge on any atom is 0.139 e. The molecule has 2 atom stereocenters. The first-order valence-electron chi connectivity index (χ1n) is 12.2. The molecular formula is C25H39N5O. The molecule has 4 rings (SSSR count). The molecule has 2 fully saturated rings. The first kappa shape index (κ1) is 22.4. The quantitative estimate of drug-likeness (QED) is 0.718. The lowest BCUT2D eigenvalue weighted by Crippen LogP contribution is -2.31. The van der Waals surface area contributed by atoms with E-state index in [4.69, 9.17) is 15.0 Å². The largest absolute Gasteiger partial charge is 0.393 e. The highest BCUT2D eigenvalue weighted by molar-refractivity contribution is 5.91. The van der Waals surface area contributed by atoms with Gasteiger partial charge in [0.1, 0.15) is 11.6 Å². The summed E-state index contributed by atoms with van der Waals surface area (Å²) < 4.78 is 0. The Balaban J connectivity index is 1.70. The second kappa shape index (κ2) is 9.78. The number of anilines is 1. The number of rotatable bonds is 7. The highest BCUT2D eigenvalue weighted by atomic mass is 16.3. The fourth-order valence-corrected chi connectivity index (χ4v) is 5.36. The SMILES string of the molecule is CCCC(C)Cc1ncc2c(N3CC[C@H](N(C)C)C3)ncc(C3CCC(O)CC3)c2n1. The molecule has 6 nitrogen and oxygen atoms in total. The summed E-state index contributed by atoms with van der Waals surface area (Å²) in [6, 6.07) is 0.562. The van der Waals surface area contributed by atoms with Crippen molar-refractivity contribution in [2.24, 2.45) is 5.92 Å². The van der Waals surface area contributed by atoms with Crippen LogP contribution in [0.4, 0.5) is 5.82 Å². The van der Waals surface area contributed by atoms with Crippen LogP contribution in [-0.2, 0) is 6.42 Å². The minimum atomic E-state index is -0.151. The van der Waals surface area contributed by atoms with Gasteiger partial charge in [0.05, 0.1) is 17.0 Å². The van der Waals surface area contributed by atoms with Gasteiger partial charge in [-0.1, -0.05) is 26.7 Å². The van der Waals surface area contributed by atoms with Gasteiger partial charge in [0.25, 0.3) is 0 Å². The van der Waals surface area contributed by atoms with Crippen LogP contribution in [0.3, 0.4) is 0 Å². The topological polar surface area (TPSA) is 65.4 Å². The molecule has 2 aromatic heterocycles. The minimum absolute atomic E-state index is 0.151. The zero-order chi connectivity index (χ0) is 22.0. The molecule has 1 N–H and O–H groups in total. The van der Waals surface area contributed by atoms with Crippen LogP contribution in [0.15, 0.2) is 12.4 Å². The van der Waals surface area contributed by atoms with Crippen molar-refractivity contribution in [3.63, 3.8) is 0 Å². The molecule has 0 amide bonds. The Morgan fingerprint density at radius 3 is 2.58 bits per heavy atom. The maximum absolute atomic E-state index is 9.99. The van der Waals surface area contributed by atoms with Crippen molar-refractivity contribution in [2.75, 3.05) is 32.1 Å². The van der Waals surface area contributed by atoms with E-state index in [1.807, 2.05) is 6.20 Å². The predicted octanol–water partition coefficient (Wildman–Crippen LogP) is 4.16. The fourth-order valence-electron chi connectivity index (χ4n) is 5.36. The van der Waals surface area contributed by atoms with E-state index >= 15 is 0 Å². The molecule has 1 aliphatic carbocycles. The summed E-state index contributed by atoms with van der Waals surface area (Å²) in [5, 5.41) is 11.1. The fraction of sp³-hybridized carbons (Fsp3) is 0.720. The van der Waals surface area contributed by atoms with E-state index in [2.05, 4.69) is 43.9 Å². The van der Waals surface area contributed by atoms with Crippen LogP contribution >= 0.6 is 0 Å². The van der Waals surface area contributed by atoms with Gasteiger partial charge in [-0.15, -0.1) is 0 Å². The predicted molar refractivity (Wildman–Crippen MR) is 127 cm³/mol. The molecule has 1 aliphatic heterocycles. The van der Waals surface area contributed by atoms with Crippen molar-refractivity contribution >= 4 is 16.7 Å². The lowest BCUT2D eigenvalue weighted by molar-refractivity contribution is 0.122. The molecule has 2 aliphatic rings. The molecule has 1 saturated carbocycles. The van der Waals surface area contributed by atoms with Gasteiger partial charge in [-0.3, -0.25) is 0 Å². The molecular weight excluding hydrogens is 386 g/mol. The molecule has 1 saturated heterocycles. The third-order valence-corrected chi connectivity index (χ3v) is 7.32. The Kier molecular flexibility index (Phi) is 7.07. The van der Waals surface area contributed by atoms with Crippen LogP contribution in [0.1, 0.15) is 76.1 Å². The molecule has 31 heavy (non-hydrogen) atoms. The standard InChI is InChI=1S/C25H39N5O/c1-5-6-17(2)13-23-26-15-22-24(28-23)21(18-7-9-20(31)10-8-18)14-27-25(22)30-12-11-19(16-30)29(3)4/h14-15,17-20,31H,5-13,16H2,1-4H3/t17?,18?,19-,20?/m0/s1. The number of likely N-dealkylation sites (N-methyl/N-ethyl adjacent to an activating group) is 1. The molecule has 6 heteroatoms. The van der Waals surface area contributed by atoms with Gasteiger partial charge < -0.3 is 14.9 Å². The van der Waals surface area contributed by atoms with E-state index in [0.29, 0.717) is 17.9 Å². The highest BCUT2D eigenvalue weighted by Gasteiger charge is 2.29. The van der Waals surface area contributed by atoms with Crippen LogP contribution < -0.4 is 4.90 Å². The van der Waals surface area contributed by atoms with Crippen LogP contribution in [0, 0.1) is 5.92 Å². The molecule has 2 aromatic rings. The average molecular weight is 426 g/mol. The summed E-state index contributed by atoms with van der Waals surface area (Å²) in [5.74, 6) is 3.01. The molecule has 170 valence electrons. The summed E-state index contributed by atoms with van der Waals surface area (Å²) in [7, 11) is 4.32. The second-order valence-corrected chi connectivity index (χ2v) is 10.0. The third-order valence-electron chi connectivity index (χ3n) is 7.32. The number of aliphatic hydroxyl groups is 1. The third kappa shape index (κ3) is 5.01. The number of aromatic nitrogens is 3. The van der Waals surface area contributed by atoms with Crippen molar-refractivity contribution in [2.45, 2.75) is 83.3 Å². The number of nitrogens with zero attached hydrogens (tertiary/aromatic N) is 5. The van der Waals surface area contributed by atoms with Crippen molar-refractivity contribution in [3.05, 3.63) is 23.8 Å². The van der Waals surface area contributed by atoms with Crippen LogP contribution in [0.5, 0.6) is 0 Å². The van der Waals surface area contributed by atoms with E-state index in [0.717, 1.165) is 74.2 Å². The van der Waals surface area contributed by atoms with Gasteiger partial charge in [-0.05, 0) is 58.0 Å². The van der Waals surface area contributed by atoms with E-state index in [1.165, 1.54) is 18.4 Å². The number of hydrogen-bond acceptors (Lipinski definition) is 6. The Morgan fingerprint density at radius 2 is 1.90 bits per heavy atom. The summed E-state index contributed by atoms with van der Waals surface area (Å²) in [6.07, 6.45) is 12.2. The Hall–Kier alpha value is -1.79. The van der Waals surface area contributed by atoms with Crippen LogP contribution in [0.2, 0.25) is 0 Å². The van der Waals surface area contributed by atoms with Gasteiger partial charge in [-0.2, -0.15) is 0 Å². The van der Waals surface area contributed by atoms with Crippen LogP contribution in [0.25, 0.3) is 10.9 Å². The number of pyridine rings is 1. The maximum atomic E-state index is 9.99. The van der Waals surface area contributed by atoms with E-state index < -0.39 is 0 Å². The molecule has 0 radical (unpaired) electrons. The smallest absolute Gasteiger partial charge is 0.139 e. The van der Waals surface area contributed by atoms with E-state index in [-0.39, 0.29) is 6.10 Å². The first-order valence-corrected chi connectivity index (χ1v) is 12.2. The van der Waals surface area contributed by atoms with Crippen molar-refractivity contribution in [1.29, 1.82) is 0 Å². The van der Waals surface area contributed by atoms with Crippen LogP contribution in [-0.4, -0.2) is 64.3 Å². The van der Waals surface area contributed by atoms with Gasteiger partial charge in [0.15, 0.2) is 0 Å². The molecule has 0 bridgehead atoms. The van der Waals surface area contributed by atoms with Crippen molar-refractivity contribution < 1.29 is 5.11 Å². The lowest BCUT2D eigenvalue weighted by atomic mass is 9.82. The second-order valence-electron chi connectivity index (χ2n) is 10.0. The zero-order valence-electron chi connectivity index (χ0n) is 19.7. The van der Waals surface area contributed by atoms with Crippen molar-refractivity contribution in [3.8, 4) is 0 Å². The summed E-state index contributed by atoms with van der Waals surface area (Å²) in [4.78, 5) is 19.6. The average Bonchev–Trinajstić information content (AvgIpc) is 3.24. The molecule has 1 unspecified atom stereocenters. The molecule has 0 spiro atoms. The Morgan fingerprint density at radius 1 is 1.13 bits per heavy atom. The lowest BCUT2D eigenvalue weighted by Gasteiger charge is -2.27. The minimum Gasteiger partial charge on any atom is -0.393 e. The summed E-state index contributed by atoms with van der Waals surface area (Å²) in [5.41, 5.74) is 2.34. The highest BCUT2D eigenvalue weighted by Crippen LogP contribution is 2.38. The van der Waals surface area contributed by atoms with Gasteiger partial charge in [0.2, 0.25) is 0 Å². The summed E-state index contributed by atoms with van der Waals surface area (Å²) >= 11 is 0. The monoisotopic (exact) mass is 425 g/mol. The Bertz CT molecular complexity index is 878. The summed E-state index contributed by atoms with van der Waals surface area (Å²) in [6.45, 7) is 6.56. The normalized spacial score (nSPS) is 25.5. The van der Waals surface area contributed by atoms with Gasteiger partial charge in [-0.25, -0.2) is 15.0 Å². The van der Waals surface area contributed by atoms with E-state index in [9.17, 15) is 5.11 Å². The Labute approximate surface area is 187 Å². The molecule has 0 aromatic carbocycles. The first-order chi connectivity index (χ1) is 15.0. The van der Waals surface area contributed by atoms with Crippen molar-refractivity contribution in [1.82, 2.24) is 19.9 Å². The number of fused-ring (bicyclic) bond motifs is 1. The van der Waals surface area contributed by atoms with Gasteiger partial charge >= 0.3 is 0 Å². The number of aliphatic hydroxyl groups excluding tert-OH is 1. The van der Waals surface area contributed by atoms with E-state index in [1.54, 1.807) is 0 Å². The molecule has 3 heterocycles. The zero-order valence-corrected chi connectivity index (χ0v) is 19.7. The van der Waals surface area contributed by atoms with Gasteiger partial charge in [0, 0.05) is 43.5 Å². The number of hydrogen-bond donors (Lipinski definition) is 1.